The number of benzene rings is 1. The van der Waals surface area contributed by atoms with E-state index in [1.165, 1.54) is 5.57 Å². The highest BCUT2D eigenvalue weighted by molar-refractivity contribution is 6.74. The minimum Gasteiger partial charge on any atom is -0.497 e. The maximum absolute atomic E-state index is 12.9. The molecule has 0 aliphatic heterocycles. The van der Waals surface area contributed by atoms with Crippen molar-refractivity contribution < 1.29 is 38.0 Å². The van der Waals surface area contributed by atoms with Crippen LogP contribution in [-0.4, -0.2) is 72.4 Å². The van der Waals surface area contributed by atoms with E-state index in [2.05, 4.69) is 67.3 Å². The normalized spacial score (nSPS) is 20.2. The van der Waals surface area contributed by atoms with E-state index in [9.17, 15) is 9.90 Å². The molecule has 50 heavy (non-hydrogen) atoms. The van der Waals surface area contributed by atoms with Gasteiger partial charge in [0.05, 0.1) is 32.5 Å². The number of carbonyl (C=O) groups is 1. The molecule has 1 N–H and O–H groups in total. The molecule has 2 rings (SSSR count). The monoisotopic (exact) mass is 714 g/mol. The molecule has 0 radical (unpaired) electrons. The number of carbonyl (C=O) groups excluding carboxylic acids is 1. The molecule has 0 heterocycles. The number of methoxy groups -OCH3 is 2. The van der Waals surface area contributed by atoms with Gasteiger partial charge in [-0.05, 0) is 105 Å². The zero-order valence-electron chi connectivity index (χ0n) is 32.8. The van der Waals surface area contributed by atoms with Crippen LogP contribution in [0.2, 0.25) is 18.1 Å². The van der Waals surface area contributed by atoms with Crippen molar-refractivity contribution in [2.75, 3.05) is 40.8 Å². The van der Waals surface area contributed by atoms with Gasteiger partial charge in [0.15, 0.2) is 8.32 Å². The molecule has 0 aromatic heterocycles. The zero-order chi connectivity index (χ0) is 37.5. The van der Waals surface area contributed by atoms with E-state index in [4.69, 9.17) is 28.1 Å². The fourth-order valence-corrected chi connectivity index (χ4v) is 7.19. The van der Waals surface area contributed by atoms with Gasteiger partial charge in [-0.2, -0.15) is 0 Å². The molecule has 282 valence electrons. The molecule has 5 atom stereocenters. The SMILES string of the molecule is C=C(C)[C@@H]1CC(C)=C[C@@H](OCOC)[C@H]1[C@@H](C)[C@@H](O)/C=C(CCO[Si](C)(C)C(C)(C)C)/C(=C/C(=O)OCC)CCCOCc1ccc(OC)cc1. The zero-order valence-corrected chi connectivity index (χ0v) is 33.8. The predicted molar refractivity (Wildman–Crippen MR) is 205 cm³/mol. The van der Waals surface area contributed by atoms with Crippen LogP contribution in [0.15, 0.2) is 71.4 Å². The Bertz CT molecular complexity index is 1290. The van der Waals surface area contributed by atoms with E-state index in [0.717, 1.165) is 34.5 Å². The lowest BCUT2D eigenvalue weighted by molar-refractivity contribution is -0.137. The summed E-state index contributed by atoms with van der Waals surface area (Å²) in [4.78, 5) is 12.9. The van der Waals surface area contributed by atoms with E-state index in [1.807, 2.05) is 30.3 Å². The number of hydrogen-bond donors (Lipinski definition) is 1. The third-order valence-electron chi connectivity index (χ3n) is 10.2. The van der Waals surface area contributed by atoms with Gasteiger partial charge < -0.3 is 33.2 Å². The summed E-state index contributed by atoms with van der Waals surface area (Å²) < 4.78 is 34.7. The van der Waals surface area contributed by atoms with Gasteiger partial charge in [-0.25, -0.2) is 4.79 Å². The Morgan fingerprint density at radius 2 is 1.78 bits per heavy atom. The summed E-state index contributed by atoms with van der Waals surface area (Å²) in [6.07, 6.45) is 7.29. The first-order chi connectivity index (χ1) is 23.5. The van der Waals surface area contributed by atoms with Crippen molar-refractivity contribution in [3.63, 3.8) is 0 Å². The second kappa shape index (κ2) is 21.1. The third kappa shape index (κ3) is 13.9. The van der Waals surface area contributed by atoms with Crippen molar-refractivity contribution in [1.82, 2.24) is 0 Å². The molecule has 1 aliphatic carbocycles. The van der Waals surface area contributed by atoms with E-state index in [-0.39, 0.29) is 42.3 Å². The summed E-state index contributed by atoms with van der Waals surface area (Å²) in [5, 5.41) is 12.0. The quantitative estimate of drug-likeness (QED) is 0.0257. The highest BCUT2D eigenvalue weighted by Gasteiger charge is 2.40. The van der Waals surface area contributed by atoms with Crippen molar-refractivity contribution >= 4 is 14.3 Å². The first-order valence-corrected chi connectivity index (χ1v) is 21.0. The Balaban J connectivity index is 2.41. The van der Waals surface area contributed by atoms with Crippen molar-refractivity contribution in [2.24, 2.45) is 17.8 Å². The smallest absolute Gasteiger partial charge is 0.331 e. The Labute approximate surface area is 304 Å². The van der Waals surface area contributed by atoms with E-state index >= 15 is 0 Å². The number of esters is 1. The molecule has 1 aromatic rings. The van der Waals surface area contributed by atoms with Gasteiger partial charge in [0, 0.05) is 32.3 Å². The van der Waals surface area contributed by atoms with Crippen molar-refractivity contribution in [1.29, 1.82) is 0 Å². The fourth-order valence-electron chi connectivity index (χ4n) is 6.14. The number of rotatable bonds is 21. The molecule has 1 aromatic carbocycles. The number of ether oxygens (including phenoxy) is 5. The van der Waals surface area contributed by atoms with Crippen LogP contribution < -0.4 is 4.74 Å². The Kier molecular flexibility index (Phi) is 18.4. The number of aliphatic hydroxyl groups excluding tert-OH is 1. The molecular weight excluding hydrogens is 649 g/mol. The van der Waals surface area contributed by atoms with E-state index < -0.39 is 20.4 Å². The number of hydrogen-bond acceptors (Lipinski definition) is 8. The summed E-state index contributed by atoms with van der Waals surface area (Å²) in [5.41, 5.74) is 5.07. The predicted octanol–water partition coefficient (Wildman–Crippen LogP) is 8.96. The van der Waals surface area contributed by atoms with Gasteiger partial charge in [0.1, 0.15) is 12.5 Å². The molecule has 0 unspecified atom stereocenters. The van der Waals surface area contributed by atoms with Gasteiger partial charge in [-0.3, -0.25) is 0 Å². The molecule has 0 fully saturated rings. The Hall–Kier alpha value is -2.53. The summed E-state index contributed by atoms with van der Waals surface area (Å²) in [7, 11) is 1.23. The van der Waals surface area contributed by atoms with Gasteiger partial charge in [-0.1, -0.05) is 69.7 Å². The highest BCUT2D eigenvalue weighted by atomic mass is 28.4. The lowest BCUT2D eigenvalue weighted by Gasteiger charge is -2.41. The minimum atomic E-state index is -2.04. The third-order valence-corrected chi connectivity index (χ3v) is 14.7. The van der Waals surface area contributed by atoms with Crippen LogP contribution in [0.25, 0.3) is 0 Å². The van der Waals surface area contributed by atoms with Crippen LogP contribution in [0.1, 0.15) is 79.7 Å². The molecule has 0 bridgehead atoms. The topological polar surface area (TPSA) is 92.7 Å². The average molecular weight is 715 g/mol. The van der Waals surface area contributed by atoms with E-state index in [1.54, 1.807) is 27.2 Å². The van der Waals surface area contributed by atoms with E-state index in [0.29, 0.717) is 39.1 Å². The van der Waals surface area contributed by atoms with Crippen LogP contribution in [0.4, 0.5) is 0 Å². The van der Waals surface area contributed by atoms with Crippen LogP contribution in [0, 0.1) is 17.8 Å². The van der Waals surface area contributed by atoms with Crippen LogP contribution in [0.5, 0.6) is 5.75 Å². The molecule has 9 heteroatoms. The molecule has 0 spiro atoms. The second-order valence-electron chi connectivity index (χ2n) is 15.1. The van der Waals surface area contributed by atoms with Crippen molar-refractivity contribution in [2.45, 2.75) is 111 Å². The minimum absolute atomic E-state index is 0.0221. The summed E-state index contributed by atoms with van der Waals surface area (Å²) >= 11 is 0. The standard InChI is InChI=1S/C41H66O8Si/c1-13-47-39(43)26-33(15-14-21-46-27-32-16-18-35(45-10)19-17-32)34(20-22-49-50(11,12)41(6,7)8)25-37(42)31(5)40-36(29(2)3)23-30(4)24-38(40)48-28-44-9/h16-19,24-26,31,36-38,40,42H,2,13-15,20-23,27-28H2,1,3-12H3/b33-26+,34-25+/t31-,36-,37-,38+,40-/m0/s1. The lowest BCUT2D eigenvalue weighted by atomic mass is 9.68. The Morgan fingerprint density at radius 1 is 1.10 bits per heavy atom. The summed E-state index contributed by atoms with van der Waals surface area (Å²) in [6, 6.07) is 7.82. The lowest BCUT2D eigenvalue weighted by Crippen LogP contribution is -2.42. The maximum Gasteiger partial charge on any atom is 0.331 e. The summed E-state index contributed by atoms with van der Waals surface area (Å²) in [5.74, 6) is 0.340. The van der Waals surface area contributed by atoms with Gasteiger partial charge >= 0.3 is 5.97 Å². The maximum atomic E-state index is 12.9. The second-order valence-corrected chi connectivity index (χ2v) is 19.9. The molecular formula is C41H66O8Si. The first kappa shape index (κ1) is 43.6. The molecule has 0 saturated carbocycles. The van der Waals surface area contributed by atoms with Crippen molar-refractivity contribution in [3.05, 3.63) is 76.9 Å². The van der Waals surface area contributed by atoms with Crippen LogP contribution in [0.3, 0.4) is 0 Å². The van der Waals surface area contributed by atoms with Crippen LogP contribution in [-0.2, 0) is 34.8 Å². The van der Waals surface area contributed by atoms with Crippen LogP contribution >= 0.6 is 0 Å². The molecule has 0 saturated heterocycles. The number of allylic oxidation sites excluding steroid dienone is 3. The molecule has 0 amide bonds. The van der Waals surface area contributed by atoms with Gasteiger partial charge in [0.25, 0.3) is 0 Å². The Morgan fingerprint density at radius 3 is 2.36 bits per heavy atom. The fraction of sp³-hybridized carbons (Fsp3) is 0.634. The number of aliphatic hydroxyl groups is 1. The molecule has 8 nitrogen and oxygen atoms in total. The molecule has 1 aliphatic rings. The summed E-state index contributed by atoms with van der Waals surface area (Å²) in [6.45, 7) is 25.4. The van der Waals surface area contributed by atoms with Crippen molar-refractivity contribution in [3.8, 4) is 5.75 Å². The van der Waals surface area contributed by atoms with Gasteiger partial charge in [-0.15, -0.1) is 0 Å². The first-order valence-electron chi connectivity index (χ1n) is 18.1. The average Bonchev–Trinajstić information content (AvgIpc) is 3.05. The largest absolute Gasteiger partial charge is 0.497 e. The highest BCUT2D eigenvalue weighted by Crippen LogP contribution is 2.42. The van der Waals surface area contributed by atoms with Gasteiger partial charge in [0.2, 0.25) is 0 Å².